The van der Waals surface area contributed by atoms with Gasteiger partial charge in [0, 0.05) is 11.3 Å². The molecule has 2 aromatic carbocycles. The summed E-state index contributed by atoms with van der Waals surface area (Å²) in [5.74, 6) is 3.37. The van der Waals surface area contributed by atoms with Gasteiger partial charge in [0.15, 0.2) is 4.77 Å². The van der Waals surface area contributed by atoms with Crippen LogP contribution >= 0.6 is 12.2 Å². The van der Waals surface area contributed by atoms with Crippen molar-refractivity contribution in [3.8, 4) is 5.69 Å². The van der Waals surface area contributed by atoms with Crippen LogP contribution in [0.3, 0.4) is 0 Å². The van der Waals surface area contributed by atoms with Crippen molar-refractivity contribution >= 4 is 23.0 Å². The predicted octanol–water partition coefficient (Wildman–Crippen LogP) is 4.99. The van der Waals surface area contributed by atoms with Crippen LogP contribution in [0.15, 0.2) is 42.5 Å². The Morgan fingerprint density at radius 2 is 1.74 bits per heavy atom. The highest BCUT2D eigenvalue weighted by atomic mass is 32.1. The van der Waals surface area contributed by atoms with Crippen molar-refractivity contribution in [2.45, 2.75) is 31.6 Å². The summed E-state index contributed by atoms with van der Waals surface area (Å²) < 4.78 is 2.89. The summed E-state index contributed by atoms with van der Waals surface area (Å²) in [4.78, 5) is 0. The van der Waals surface area contributed by atoms with E-state index < -0.39 is 0 Å². The van der Waals surface area contributed by atoms with E-state index in [1.54, 1.807) is 0 Å². The van der Waals surface area contributed by atoms with Crippen molar-refractivity contribution < 1.29 is 0 Å². The average Bonchev–Trinajstić information content (AvgIpc) is 3.21. The Balaban J connectivity index is 1.69. The van der Waals surface area contributed by atoms with Gasteiger partial charge in [-0.1, -0.05) is 49.2 Å². The fraction of sp³-hybridized carbons (Fsp3) is 0.368. The summed E-state index contributed by atoms with van der Waals surface area (Å²) in [6, 6.07) is 14.9. The molecule has 23 heavy (non-hydrogen) atoms. The van der Waals surface area contributed by atoms with Gasteiger partial charge < -0.3 is 0 Å². The van der Waals surface area contributed by atoms with E-state index in [-0.39, 0.29) is 0 Å². The van der Waals surface area contributed by atoms with E-state index in [0.717, 1.165) is 23.3 Å². The van der Waals surface area contributed by atoms with Gasteiger partial charge in [-0.3, -0.25) is 9.67 Å². The van der Waals surface area contributed by atoms with E-state index in [1.165, 1.54) is 36.5 Å². The lowest BCUT2D eigenvalue weighted by atomic mass is 10.0. The lowest BCUT2D eigenvalue weighted by Crippen LogP contribution is -2.02. The van der Waals surface area contributed by atoms with E-state index in [1.807, 2.05) is 0 Å². The maximum Gasteiger partial charge on any atom is 0.199 e. The number of aromatic nitrogens is 3. The molecule has 2 fully saturated rings. The number of H-pyrrole nitrogens is 1. The van der Waals surface area contributed by atoms with E-state index in [4.69, 9.17) is 12.2 Å². The van der Waals surface area contributed by atoms with Crippen LogP contribution < -0.4 is 0 Å². The summed E-state index contributed by atoms with van der Waals surface area (Å²) >= 11 is 5.58. The van der Waals surface area contributed by atoms with Crippen LogP contribution in [0.5, 0.6) is 0 Å². The number of nitrogens with one attached hydrogen (secondary N) is 1. The minimum atomic E-state index is 0.587. The molecule has 1 heterocycles. The van der Waals surface area contributed by atoms with Crippen LogP contribution in [0.1, 0.15) is 37.4 Å². The minimum absolute atomic E-state index is 0.587. The fourth-order valence-corrected chi connectivity index (χ4v) is 4.78. The van der Waals surface area contributed by atoms with Gasteiger partial charge in [0.25, 0.3) is 0 Å². The fourth-order valence-electron chi connectivity index (χ4n) is 4.54. The normalized spacial score (nSPS) is 26.2. The second kappa shape index (κ2) is 5.03. The van der Waals surface area contributed by atoms with Gasteiger partial charge in [-0.05, 0) is 48.3 Å². The highest BCUT2D eigenvalue weighted by Gasteiger charge is 2.53. The molecule has 0 saturated heterocycles. The minimum Gasteiger partial charge on any atom is -0.271 e. The Labute approximate surface area is 140 Å². The summed E-state index contributed by atoms with van der Waals surface area (Å²) in [6.45, 7) is 0. The molecule has 1 aromatic heterocycles. The number of fused-ring (bicyclic) bond motifs is 2. The van der Waals surface area contributed by atoms with Gasteiger partial charge in [0.1, 0.15) is 5.82 Å². The van der Waals surface area contributed by atoms with Crippen LogP contribution in [0.2, 0.25) is 0 Å². The Kier molecular flexibility index (Phi) is 2.95. The topological polar surface area (TPSA) is 33.6 Å². The monoisotopic (exact) mass is 321 g/mol. The number of nitrogens with zero attached hydrogens (tertiary/aromatic N) is 2. The smallest absolute Gasteiger partial charge is 0.199 e. The number of rotatable bonds is 2. The molecular formula is C19H19N3S. The predicted molar refractivity (Wildman–Crippen MR) is 94.4 cm³/mol. The molecule has 4 heteroatoms. The molecule has 0 spiro atoms. The molecule has 2 aliphatic carbocycles. The lowest BCUT2D eigenvalue weighted by Gasteiger charge is -2.10. The summed E-state index contributed by atoms with van der Waals surface area (Å²) in [7, 11) is 0. The molecular weight excluding hydrogens is 302 g/mol. The van der Waals surface area contributed by atoms with Crippen molar-refractivity contribution in [1.82, 2.24) is 14.8 Å². The molecule has 3 aromatic rings. The molecule has 1 N–H and O–H groups in total. The van der Waals surface area contributed by atoms with Gasteiger partial charge in [0.2, 0.25) is 0 Å². The molecule has 116 valence electrons. The van der Waals surface area contributed by atoms with Crippen molar-refractivity contribution in [3.63, 3.8) is 0 Å². The van der Waals surface area contributed by atoms with Crippen LogP contribution in [-0.2, 0) is 0 Å². The third-order valence-corrected chi connectivity index (χ3v) is 5.93. The molecule has 0 aliphatic heterocycles. The van der Waals surface area contributed by atoms with E-state index >= 15 is 0 Å². The first-order valence-electron chi connectivity index (χ1n) is 8.50. The first kappa shape index (κ1) is 13.5. The van der Waals surface area contributed by atoms with E-state index in [0.29, 0.717) is 10.7 Å². The largest absolute Gasteiger partial charge is 0.271 e. The third-order valence-electron chi connectivity index (χ3n) is 5.66. The van der Waals surface area contributed by atoms with Gasteiger partial charge in [-0.15, -0.1) is 0 Å². The Morgan fingerprint density at radius 1 is 1.00 bits per heavy atom. The van der Waals surface area contributed by atoms with Crippen LogP contribution in [-0.4, -0.2) is 14.8 Å². The summed E-state index contributed by atoms with van der Waals surface area (Å²) in [6.07, 6.45) is 5.45. The molecule has 2 atom stereocenters. The molecule has 3 nitrogen and oxygen atoms in total. The van der Waals surface area contributed by atoms with Crippen molar-refractivity contribution in [2.75, 3.05) is 0 Å². The maximum atomic E-state index is 5.58. The average molecular weight is 321 g/mol. The first-order chi connectivity index (χ1) is 11.3. The Hall–Kier alpha value is -1.94. The zero-order valence-corrected chi connectivity index (χ0v) is 13.7. The highest BCUT2D eigenvalue weighted by Crippen LogP contribution is 2.60. The molecule has 0 bridgehead atoms. The van der Waals surface area contributed by atoms with Gasteiger partial charge in [-0.2, -0.15) is 5.10 Å². The SMILES string of the molecule is S=c1[nH]nc(C2C3CCCCC32)n1-c1cccc2ccccc12. The van der Waals surface area contributed by atoms with Crippen molar-refractivity contribution in [1.29, 1.82) is 0 Å². The molecule has 2 aliphatic rings. The number of hydrogen-bond donors (Lipinski definition) is 1. The van der Waals surface area contributed by atoms with E-state index in [2.05, 4.69) is 57.2 Å². The van der Waals surface area contributed by atoms with Crippen molar-refractivity contribution in [3.05, 3.63) is 53.1 Å². The quantitative estimate of drug-likeness (QED) is 0.675. The number of aromatic amines is 1. The van der Waals surface area contributed by atoms with Crippen LogP contribution in [0.25, 0.3) is 16.5 Å². The molecule has 2 saturated carbocycles. The standard InChI is InChI=1S/C19H19N3S/c23-19-21-20-18(17-14-9-3-4-10-15(14)17)22(19)16-11-5-7-12-6-1-2-8-13(12)16/h1-2,5-8,11,14-15,17H,3-4,9-10H2,(H,21,23). The molecule has 0 radical (unpaired) electrons. The molecule has 2 unspecified atom stereocenters. The number of benzene rings is 2. The highest BCUT2D eigenvalue weighted by molar-refractivity contribution is 7.71. The molecule has 0 amide bonds. The second-order valence-corrected chi connectivity index (χ2v) is 7.25. The number of hydrogen-bond acceptors (Lipinski definition) is 2. The van der Waals surface area contributed by atoms with Crippen LogP contribution in [0.4, 0.5) is 0 Å². The lowest BCUT2D eigenvalue weighted by molar-refractivity contribution is 0.480. The van der Waals surface area contributed by atoms with Crippen molar-refractivity contribution in [2.24, 2.45) is 11.8 Å². The second-order valence-electron chi connectivity index (χ2n) is 6.86. The van der Waals surface area contributed by atoms with E-state index in [9.17, 15) is 0 Å². The third kappa shape index (κ3) is 2.01. The van der Waals surface area contributed by atoms with Gasteiger partial charge in [0.05, 0.1) is 5.69 Å². The Morgan fingerprint density at radius 3 is 2.57 bits per heavy atom. The maximum absolute atomic E-state index is 5.58. The summed E-state index contributed by atoms with van der Waals surface area (Å²) in [5, 5.41) is 10.2. The van der Waals surface area contributed by atoms with Gasteiger partial charge >= 0.3 is 0 Å². The molecule has 5 rings (SSSR count). The summed E-state index contributed by atoms with van der Waals surface area (Å²) in [5.41, 5.74) is 1.15. The Bertz CT molecular complexity index is 922. The zero-order chi connectivity index (χ0) is 15.4. The first-order valence-corrected chi connectivity index (χ1v) is 8.91. The van der Waals surface area contributed by atoms with Gasteiger partial charge in [-0.25, -0.2) is 0 Å². The van der Waals surface area contributed by atoms with Crippen LogP contribution in [0, 0.1) is 16.6 Å². The zero-order valence-electron chi connectivity index (χ0n) is 12.9.